The number of hydrogen-bond donors (Lipinski definition) is 1. The van der Waals surface area contributed by atoms with E-state index in [0.717, 1.165) is 11.1 Å². The Morgan fingerprint density at radius 3 is 2.15 bits per heavy atom. The Kier molecular flexibility index (Phi) is 7.39. The molecule has 7 heteroatoms. The maximum absolute atomic E-state index is 13.3. The molecule has 0 spiro atoms. The van der Waals surface area contributed by atoms with Gasteiger partial charge in [0, 0.05) is 26.6 Å². The Labute approximate surface area is 207 Å². The number of ether oxygens (including phenoxy) is 1. The van der Waals surface area contributed by atoms with E-state index in [-0.39, 0.29) is 11.0 Å². The van der Waals surface area contributed by atoms with Crippen LogP contribution in [0.4, 0.5) is 0 Å². The molecule has 3 atom stereocenters. The number of benzene rings is 3. The van der Waals surface area contributed by atoms with Crippen molar-refractivity contribution in [1.82, 2.24) is 0 Å². The minimum atomic E-state index is -0.998. The van der Waals surface area contributed by atoms with Crippen molar-refractivity contribution in [2.45, 2.75) is 23.0 Å². The summed E-state index contributed by atoms with van der Waals surface area (Å²) in [7, 11) is 1.31. The third-order valence-electron chi connectivity index (χ3n) is 6.14. The first-order chi connectivity index (χ1) is 16.4. The highest BCUT2D eigenvalue weighted by Gasteiger charge is 2.45. The van der Waals surface area contributed by atoms with Crippen molar-refractivity contribution >= 4 is 41.1 Å². The van der Waals surface area contributed by atoms with Crippen molar-refractivity contribution in [1.29, 1.82) is 0 Å². The van der Waals surface area contributed by atoms with Gasteiger partial charge in [0.25, 0.3) is 0 Å². The van der Waals surface area contributed by atoms with Gasteiger partial charge in [-0.1, -0.05) is 60.1 Å². The fourth-order valence-electron chi connectivity index (χ4n) is 4.41. The summed E-state index contributed by atoms with van der Waals surface area (Å²) in [4.78, 5) is 38.3. The van der Waals surface area contributed by atoms with Crippen LogP contribution in [-0.2, 0) is 9.53 Å². The summed E-state index contributed by atoms with van der Waals surface area (Å²) in [6.07, 6.45) is 1.04. The minimum absolute atomic E-state index is 0.167. The molecule has 4 rings (SSSR count). The van der Waals surface area contributed by atoms with Crippen molar-refractivity contribution in [3.8, 4) is 11.1 Å². The van der Waals surface area contributed by atoms with E-state index in [9.17, 15) is 19.5 Å². The zero-order valence-electron chi connectivity index (χ0n) is 18.4. The van der Waals surface area contributed by atoms with E-state index in [1.165, 1.54) is 18.9 Å². The molecule has 1 aliphatic rings. The number of ketones is 1. The van der Waals surface area contributed by atoms with Crippen molar-refractivity contribution in [3.63, 3.8) is 0 Å². The molecular weight excluding hydrogens is 472 g/mol. The molecule has 1 aliphatic carbocycles. The fourth-order valence-corrected chi connectivity index (χ4v) is 6.01. The molecule has 0 saturated heterocycles. The second kappa shape index (κ2) is 10.5. The Hall–Kier alpha value is -3.09. The molecule has 3 aromatic rings. The molecule has 1 fully saturated rings. The molecule has 174 valence electrons. The molecule has 0 aromatic heterocycles. The predicted octanol–water partition coefficient (Wildman–Crippen LogP) is 6.25. The first-order valence-corrected chi connectivity index (χ1v) is 12.1. The molecule has 1 N–H and O–H groups in total. The molecule has 0 amide bonds. The normalized spacial score (nSPS) is 19.5. The summed E-state index contributed by atoms with van der Waals surface area (Å²) >= 11 is 7.29. The van der Waals surface area contributed by atoms with E-state index in [4.69, 9.17) is 16.3 Å². The summed E-state index contributed by atoms with van der Waals surface area (Å²) < 4.78 is 4.85. The molecule has 34 heavy (non-hydrogen) atoms. The number of aliphatic carboxylic acids is 1. The van der Waals surface area contributed by atoms with Gasteiger partial charge in [0.2, 0.25) is 0 Å². The Bertz CT molecular complexity index is 1210. The minimum Gasteiger partial charge on any atom is -0.481 e. The first-order valence-electron chi connectivity index (χ1n) is 10.9. The van der Waals surface area contributed by atoms with Crippen LogP contribution in [0, 0.1) is 11.8 Å². The lowest BCUT2D eigenvalue weighted by Crippen LogP contribution is -2.31. The van der Waals surface area contributed by atoms with Gasteiger partial charge in [-0.25, -0.2) is 4.79 Å². The third-order valence-corrected chi connectivity index (χ3v) is 7.83. The molecule has 1 saturated carbocycles. The topological polar surface area (TPSA) is 80.7 Å². The summed E-state index contributed by atoms with van der Waals surface area (Å²) in [5.41, 5.74) is 2.82. The average molecular weight is 495 g/mol. The van der Waals surface area contributed by atoms with E-state index in [1.807, 2.05) is 36.4 Å². The van der Waals surface area contributed by atoms with Gasteiger partial charge in [-0.2, -0.15) is 0 Å². The van der Waals surface area contributed by atoms with Crippen LogP contribution in [-0.4, -0.2) is 35.2 Å². The van der Waals surface area contributed by atoms with Crippen LogP contribution in [0.3, 0.4) is 0 Å². The average Bonchev–Trinajstić information content (AvgIpc) is 3.28. The predicted molar refractivity (Wildman–Crippen MR) is 132 cm³/mol. The zero-order valence-corrected chi connectivity index (χ0v) is 20.0. The highest BCUT2D eigenvalue weighted by molar-refractivity contribution is 8.00. The van der Waals surface area contributed by atoms with Gasteiger partial charge < -0.3 is 9.84 Å². The van der Waals surface area contributed by atoms with Crippen LogP contribution in [0.25, 0.3) is 11.1 Å². The van der Waals surface area contributed by atoms with Gasteiger partial charge in [-0.3, -0.25) is 9.59 Å². The standard InChI is InChI=1S/C27H23ClO5S/c1-33-27(32)20-4-2-3-5-22(20)34-23-15-14-21(24(23)26(30)31)25(29)18-8-6-16(7-9-18)17-10-12-19(28)13-11-17/h2-13,21,23-24H,14-15H2,1H3,(H,30,31)/t21-,23-,24+/m0/s1. The van der Waals surface area contributed by atoms with Gasteiger partial charge in [-0.05, 0) is 48.2 Å². The third kappa shape index (κ3) is 5.03. The zero-order chi connectivity index (χ0) is 24.2. The first kappa shape index (κ1) is 24.0. The number of Topliss-reactive ketones (excluding diaryl/α,β-unsaturated/α-hetero) is 1. The summed E-state index contributed by atoms with van der Waals surface area (Å²) in [5.74, 6) is -3.11. The molecular formula is C27H23ClO5S. The Morgan fingerprint density at radius 1 is 0.912 bits per heavy atom. The summed E-state index contributed by atoms with van der Waals surface area (Å²) in [5, 5.41) is 10.3. The second-order valence-electron chi connectivity index (χ2n) is 8.14. The maximum Gasteiger partial charge on any atom is 0.338 e. The van der Waals surface area contributed by atoms with Crippen molar-refractivity contribution in [3.05, 3.63) is 88.9 Å². The number of carbonyl (C=O) groups excluding carboxylic acids is 2. The number of hydrogen-bond acceptors (Lipinski definition) is 5. The van der Waals surface area contributed by atoms with Gasteiger partial charge in [0.15, 0.2) is 5.78 Å². The second-order valence-corrected chi connectivity index (χ2v) is 9.86. The Balaban J connectivity index is 1.53. The number of halogens is 1. The van der Waals surface area contributed by atoms with Crippen molar-refractivity contribution in [2.24, 2.45) is 11.8 Å². The quantitative estimate of drug-likeness (QED) is 0.309. The van der Waals surface area contributed by atoms with Gasteiger partial charge in [-0.15, -0.1) is 11.8 Å². The van der Waals surface area contributed by atoms with E-state index >= 15 is 0 Å². The largest absolute Gasteiger partial charge is 0.481 e. The summed E-state index contributed by atoms with van der Waals surface area (Å²) in [6.45, 7) is 0. The van der Waals surface area contributed by atoms with Gasteiger partial charge in [0.1, 0.15) is 0 Å². The van der Waals surface area contributed by atoms with Crippen LogP contribution in [0.1, 0.15) is 33.6 Å². The molecule has 3 aromatic carbocycles. The monoisotopic (exact) mass is 494 g/mol. The lowest BCUT2D eigenvalue weighted by Gasteiger charge is -2.21. The summed E-state index contributed by atoms with van der Waals surface area (Å²) in [6, 6.07) is 21.6. The Morgan fingerprint density at radius 2 is 1.53 bits per heavy atom. The molecule has 0 aliphatic heterocycles. The lowest BCUT2D eigenvalue weighted by atomic mass is 9.88. The highest BCUT2D eigenvalue weighted by atomic mass is 35.5. The number of carboxylic acids is 1. The number of methoxy groups -OCH3 is 1. The van der Waals surface area contributed by atoms with E-state index in [1.54, 1.807) is 36.4 Å². The number of thioether (sulfide) groups is 1. The number of rotatable bonds is 7. The highest BCUT2D eigenvalue weighted by Crippen LogP contribution is 2.44. The molecule has 0 heterocycles. The molecule has 0 unspecified atom stereocenters. The SMILES string of the molecule is COC(=O)c1ccccc1S[C@H]1CC[C@H](C(=O)c2ccc(-c3ccc(Cl)cc3)cc2)[C@H]1C(=O)O. The maximum atomic E-state index is 13.3. The van der Waals surface area contributed by atoms with E-state index in [0.29, 0.717) is 33.9 Å². The van der Waals surface area contributed by atoms with Gasteiger partial charge >= 0.3 is 11.9 Å². The van der Waals surface area contributed by atoms with Crippen LogP contribution in [0.5, 0.6) is 0 Å². The van der Waals surface area contributed by atoms with Crippen LogP contribution < -0.4 is 0 Å². The van der Waals surface area contributed by atoms with Crippen LogP contribution in [0.2, 0.25) is 5.02 Å². The van der Waals surface area contributed by atoms with Gasteiger partial charge in [0.05, 0.1) is 18.6 Å². The number of esters is 1. The fraction of sp³-hybridized carbons (Fsp3) is 0.222. The van der Waals surface area contributed by atoms with Crippen LogP contribution >= 0.6 is 23.4 Å². The van der Waals surface area contributed by atoms with Crippen molar-refractivity contribution in [2.75, 3.05) is 7.11 Å². The number of carbonyl (C=O) groups is 3. The molecule has 5 nitrogen and oxygen atoms in total. The van der Waals surface area contributed by atoms with E-state index < -0.39 is 23.8 Å². The van der Waals surface area contributed by atoms with Crippen LogP contribution in [0.15, 0.2) is 77.7 Å². The smallest absolute Gasteiger partial charge is 0.338 e. The van der Waals surface area contributed by atoms with Crippen molar-refractivity contribution < 1.29 is 24.2 Å². The number of carboxylic acid groups (broad SMARTS) is 1. The van der Waals surface area contributed by atoms with E-state index in [2.05, 4.69) is 0 Å². The molecule has 0 bridgehead atoms. The molecule has 0 radical (unpaired) electrons. The lowest BCUT2D eigenvalue weighted by molar-refractivity contribution is -0.142.